The van der Waals surface area contributed by atoms with Gasteiger partial charge in [0.15, 0.2) is 0 Å². The molecular weight excluding hydrogens is 244 g/mol. The molecule has 104 valence electrons. The first-order valence-corrected chi connectivity index (χ1v) is 7.39. The molecule has 2 heteroatoms. The highest BCUT2D eigenvalue weighted by Crippen LogP contribution is 2.38. The van der Waals surface area contributed by atoms with Gasteiger partial charge in [0.05, 0.1) is 11.4 Å². The maximum absolute atomic E-state index is 4.51. The molecule has 2 nitrogen and oxygen atoms in total. The third kappa shape index (κ3) is 2.69. The number of aromatic nitrogens is 1. The topological polar surface area (TPSA) is 24.9 Å². The predicted octanol–water partition coefficient (Wildman–Crippen LogP) is 4.36. The van der Waals surface area contributed by atoms with Crippen molar-refractivity contribution in [2.45, 2.75) is 45.6 Å². The van der Waals surface area contributed by atoms with Crippen LogP contribution in [0, 0.1) is 20.8 Å². The van der Waals surface area contributed by atoms with Crippen LogP contribution in [-0.2, 0) is 0 Å². The van der Waals surface area contributed by atoms with Crippen LogP contribution < -0.4 is 5.32 Å². The van der Waals surface area contributed by atoms with Crippen LogP contribution in [0.15, 0.2) is 36.4 Å². The quantitative estimate of drug-likeness (QED) is 0.892. The van der Waals surface area contributed by atoms with Crippen molar-refractivity contribution in [3.63, 3.8) is 0 Å². The van der Waals surface area contributed by atoms with Crippen molar-refractivity contribution in [3.8, 4) is 0 Å². The van der Waals surface area contributed by atoms with Gasteiger partial charge in [-0.3, -0.25) is 4.98 Å². The summed E-state index contributed by atoms with van der Waals surface area (Å²) in [4.78, 5) is 4.51. The molecule has 1 aliphatic carbocycles. The maximum Gasteiger partial charge on any atom is 0.0606 e. The average molecular weight is 266 g/mol. The molecule has 0 aliphatic heterocycles. The lowest BCUT2D eigenvalue weighted by Crippen LogP contribution is -2.34. The van der Waals surface area contributed by atoms with E-state index in [0.717, 1.165) is 11.4 Å². The molecule has 1 N–H and O–H groups in total. The Kier molecular flexibility index (Phi) is 3.47. The molecule has 0 unspecified atom stereocenters. The van der Waals surface area contributed by atoms with Gasteiger partial charge in [0.25, 0.3) is 0 Å². The van der Waals surface area contributed by atoms with E-state index in [9.17, 15) is 0 Å². The minimum atomic E-state index is 0.587. The third-order valence-corrected chi connectivity index (χ3v) is 4.24. The smallest absolute Gasteiger partial charge is 0.0606 e. The second-order valence-electron chi connectivity index (χ2n) is 6.01. The molecule has 0 bridgehead atoms. The Morgan fingerprint density at radius 1 is 1.05 bits per heavy atom. The molecule has 1 aromatic heterocycles. The number of aryl methyl sites for hydroxylation is 3. The fourth-order valence-corrected chi connectivity index (χ4v) is 2.99. The molecule has 0 atom stereocenters. The molecule has 1 fully saturated rings. The van der Waals surface area contributed by atoms with Crippen LogP contribution in [0.4, 0.5) is 5.69 Å². The fraction of sp³-hybridized carbons (Fsp3) is 0.389. The Balaban J connectivity index is 1.61. The summed E-state index contributed by atoms with van der Waals surface area (Å²) in [6, 6.07) is 13.7. The van der Waals surface area contributed by atoms with Crippen LogP contribution in [0.1, 0.15) is 41.3 Å². The van der Waals surface area contributed by atoms with Gasteiger partial charge >= 0.3 is 0 Å². The lowest BCUT2D eigenvalue weighted by atomic mass is 9.75. The minimum absolute atomic E-state index is 0.587. The second kappa shape index (κ2) is 5.28. The zero-order valence-electron chi connectivity index (χ0n) is 12.5. The molecule has 0 radical (unpaired) electrons. The number of pyridine rings is 1. The Labute approximate surface area is 121 Å². The summed E-state index contributed by atoms with van der Waals surface area (Å²) in [5.74, 6) is 0.714. The van der Waals surface area contributed by atoms with E-state index in [0.29, 0.717) is 12.0 Å². The maximum atomic E-state index is 4.51. The number of hydrogen-bond donors (Lipinski definition) is 1. The number of anilines is 1. The van der Waals surface area contributed by atoms with E-state index in [1.807, 2.05) is 6.92 Å². The van der Waals surface area contributed by atoms with E-state index >= 15 is 0 Å². The van der Waals surface area contributed by atoms with E-state index < -0.39 is 0 Å². The summed E-state index contributed by atoms with van der Waals surface area (Å²) < 4.78 is 0. The van der Waals surface area contributed by atoms with Crippen molar-refractivity contribution < 1.29 is 0 Å². The molecule has 0 saturated heterocycles. The Morgan fingerprint density at radius 3 is 2.55 bits per heavy atom. The molecule has 0 spiro atoms. The summed E-state index contributed by atoms with van der Waals surface area (Å²) in [6.07, 6.45) is 2.44. The summed E-state index contributed by atoms with van der Waals surface area (Å²) in [5, 5.41) is 3.63. The van der Waals surface area contributed by atoms with Gasteiger partial charge in [0.1, 0.15) is 0 Å². The van der Waals surface area contributed by atoms with E-state index in [2.05, 4.69) is 60.5 Å². The fourth-order valence-electron chi connectivity index (χ4n) is 2.99. The van der Waals surface area contributed by atoms with E-state index in [1.54, 1.807) is 0 Å². The zero-order valence-corrected chi connectivity index (χ0v) is 12.5. The molecule has 20 heavy (non-hydrogen) atoms. The number of nitrogens with zero attached hydrogens (tertiary/aromatic N) is 1. The van der Waals surface area contributed by atoms with Crippen molar-refractivity contribution in [3.05, 3.63) is 58.9 Å². The summed E-state index contributed by atoms with van der Waals surface area (Å²) in [7, 11) is 0. The van der Waals surface area contributed by atoms with Gasteiger partial charge in [-0.2, -0.15) is 0 Å². The van der Waals surface area contributed by atoms with Crippen LogP contribution in [0.5, 0.6) is 0 Å². The second-order valence-corrected chi connectivity index (χ2v) is 6.01. The average Bonchev–Trinajstić information content (AvgIpc) is 2.35. The molecule has 3 rings (SSSR count). The van der Waals surface area contributed by atoms with Crippen molar-refractivity contribution in [1.82, 2.24) is 4.98 Å². The van der Waals surface area contributed by atoms with E-state index in [1.165, 1.54) is 29.7 Å². The van der Waals surface area contributed by atoms with Gasteiger partial charge in [-0.15, -0.1) is 0 Å². The molecule has 1 aromatic carbocycles. The van der Waals surface area contributed by atoms with Gasteiger partial charge in [0.2, 0.25) is 0 Å². The van der Waals surface area contributed by atoms with Crippen LogP contribution in [0.25, 0.3) is 0 Å². The van der Waals surface area contributed by atoms with Crippen molar-refractivity contribution in [1.29, 1.82) is 0 Å². The largest absolute Gasteiger partial charge is 0.381 e. The first kappa shape index (κ1) is 13.2. The van der Waals surface area contributed by atoms with Crippen molar-refractivity contribution >= 4 is 5.69 Å². The van der Waals surface area contributed by atoms with Gasteiger partial charge in [-0.05, 0) is 57.2 Å². The highest BCUT2D eigenvalue weighted by molar-refractivity contribution is 5.49. The molecule has 1 saturated carbocycles. The lowest BCUT2D eigenvalue weighted by Gasteiger charge is -2.37. The van der Waals surface area contributed by atoms with Gasteiger partial charge in [0, 0.05) is 11.7 Å². The molecule has 1 aliphatic rings. The van der Waals surface area contributed by atoms with Gasteiger partial charge < -0.3 is 5.32 Å². The third-order valence-electron chi connectivity index (χ3n) is 4.24. The summed E-state index contributed by atoms with van der Waals surface area (Å²) >= 11 is 0. The Morgan fingerprint density at radius 2 is 1.85 bits per heavy atom. The normalized spacial score (nSPS) is 21.4. The van der Waals surface area contributed by atoms with E-state index in [4.69, 9.17) is 0 Å². The van der Waals surface area contributed by atoms with Crippen LogP contribution in [-0.4, -0.2) is 11.0 Å². The highest BCUT2D eigenvalue weighted by atomic mass is 15.0. The minimum Gasteiger partial charge on any atom is -0.381 e. The first-order chi connectivity index (χ1) is 9.61. The Bertz CT molecular complexity index is 613. The van der Waals surface area contributed by atoms with Crippen molar-refractivity contribution in [2.24, 2.45) is 0 Å². The van der Waals surface area contributed by atoms with Gasteiger partial charge in [-0.25, -0.2) is 0 Å². The first-order valence-electron chi connectivity index (χ1n) is 7.39. The monoisotopic (exact) mass is 266 g/mol. The number of benzene rings is 1. The SMILES string of the molecule is Cc1cccc(C2CC(Nc3ccc(C)nc3C)C2)c1. The van der Waals surface area contributed by atoms with Crippen LogP contribution in [0.2, 0.25) is 0 Å². The zero-order chi connectivity index (χ0) is 14.1. The van der Waals surface area contributed by atoms with E-state index in [-0.39, 0.29) is 0 Å². The van der Waals surface area contributed by atoms with Crippen LogP contribution in [0.3, 0.4) is 0 Å². The highest BCUT2D eigenvalue weighted by Gasteiger charge is 2.30. The molecule has 1 heterocycles. The predicted molar refractivity (Wildman–Crippen MR) is 84.3 cm³/mol. The summed E-state index contributed by atoms with van der Waals surface area (Å²) in [6.45, 7) is 6.28. The molecular formula is C18H22N2. The lowest BCUT2D eigenvalue weighted by molar-refractivity contribution is 0.374. The van der Waals surface area contributed by atoms with Crippen LogP contribution >= 0.6 is 0 Å². The summed E-state index contributed by atoms with van der Waals surface area (Å²) in [5.41, 5.74) is 6.21. The van der Waals surface area contributed by atoms with Gasteiger partial charge in [-0.1, -0.05) is 29.8 Å². The molecule has 2 aromatic rings. The number of nitrogens with one attached hydrogen (secondary N) is 1. The number of hydrogen-bond acceptors (Lipinski definition) is 2. The number of rotatable bonds is 3. The van der Waals surface area contributed by atoms with Crippen molar-refractivity contribution in [2.75, 3.05) is 5.32 Å². The standard InChI is InChI=1S/C18H22N2/c1-12-5-4-6-15(9-12)16-10-17(11-16)20-18-8-7-13(2)19-14(18)3/h4-9,16-17,20H,10-11H2,1-3H3. The molecule has 0 amide bonds. The Hall–Kier alpha value is -1.83.